The first-order valence-corrected chi connectivity index (χ1v) is 9.95. The van der Waals surface area contributed by atoms with Crippen LogP contribution in [0.15, 0.2) is 41.4 Å². The van der Waals surface area contributed by atoms with Crippen LogP contribution in [0.2, 0.25) is 0 Å². The SMILES string of the molecule is CC(C)N(C)S(=O)(=O)c1ccc(CNc2ccnc(C3CC3)n2)cc1. The summed E-state index contributed by atoms with van der Waals surface area (Å²) >= 11 is 0. The summed E-state index contributed by atoms with van der Waals surface area (Å²) in [6, 6.07) is 8.74. The zero-order valence-corrected chi connectivity index (χ0v) is 15.6. The van der Waals surface area contributed by atoms with Crippen molar-refractivity contribution >= 4 is 15.8 Å². The standard InChI is InChI=1S/C18H24N4O2S/c1-13(2)22(3)25(23,24)16-8-4-14(5-9-16)12-20-17-10-11-19-18(21-17)15-6-7-15/h4-5,8-11,13,15H,6-7,12H2,1-3H3,(H,19,20,21). The molecule has 2 aromatic rings. The highest BCUT2D eigenvalue weighted by Crippen LogP contribution is 2.38. The molecule has 0 radical (unpaired) electrons. The third-order valence-corrected chi connectivity index (χ3v) is 6.47. The van der Waals surface area contributed by atoms with Crippen LogP contribution in [-0.2, 0) is 16.6 Å². The van der Waals surface area contributed by atoms with Crippen LogP contribution in [0.3, 0.4) is 0 Å². The van der Waals surface area contributed by atoms with Gasteiger partial charge in [0.2, 0.25) is 10.0 Å². The van der Waals surface area contributed by atoms with E-state index in [1.165, 1.54) is 17.1 Å². The minimum atomic E-state index is -3.44. The van der Waals surface area contributed by atoms with Gasteiger partial charge in [0.25, 0.3) is 0 Å². The molecule has 1 heterocycles. The fourth-order valence-corrected chi connectivity index (χ4v) is 3.79. The number of aromatic nitrogens is 2. The van der Waals surface area contributed by atoms with E-state index in [0.717, 1.165) is 17.2 Å². The maximum absolute atomic E-state index is 12.5. The van der Waals surface area contributed by atoms with Crippen molar-refractivity contribution in [1.29, 1.82) is 0 Å². The van der Waals surface area contributed by atoms with Crippen molar-refractivity contribution in [2.24, 2.45) is 0 Å². The molecule has 1 aromatic heterocycles. The topological polar surface area (TPSA) is 75.2 Å². The number of sulfonamides is 1. The van der Waals surface area contributed by atoms with Crippen molar-refractivity contribution in [3.05, 3.63) is 47.9 Å². The number of benzene rings is 1. The van der Waals surface area contributed by atoms with Gasteiger partial charge in [0.1, 0.15) is 11.6 Å². The van der Waals surface area contributed by atoms with Gasteiger partial charge in [-0.25, -0.2) is 18.4 Å². The normalized spacial score (nSPS) is 14.9. The van der Waals surface area contributed by atoms with Crippen molar-refractivity contribution < 1.29 is 8.42 Å². The number of hydrogen-bond donors (Lipinski definition) is 1. The molecular weight excluding hydrogens is 336 g/mol. The highest BCUT2D eigenvalue weighted by Gasteiger charge is 2.26. The van der Waals surface area contributed by atoms with Crippen LogP contribution < -0.4 is 5.32 Å². The van der Waals surface area contributed by atoms with Crippen molar-refractivity contribution in [3.63, 3.8) is 0 Å². The number of anilines is 1. The second kappa shape index (κ2) is 7.09. The molecule has 7 heteroatoms. The Labute approximate surface area is 149 Å². The highest BCUT2D eigenvalue weighted by atomic mass is 32.2. The van der Waals surface area contributed by atoms with Gasteiger partial charge < -0.3 is 5.32 Å². The van der Waals surface area contributed by atoms with Crippen LogP contribution in [-0.4, -0.2) is 35.8 Å². The molecular formula is C18H24N4O2S. The zero-order valence-electron chi connectivity index (χ0n) is 14.8. The lowest BCUT2D eigenvalue weighted by Crippen LogP contribution is -2.33. The average Bonchev–Trinajstić information content (AvgIpc) is 3.45. The van der Waals surface area contributed by atoms with E-state index in [0.29, 0.717) is 17.4 Å². The molecule has 1 fully saturated rings. The van der Waals surface area contributed by atoms with E-state index < -0.39 is 10.0 Å². The van der Waals surface area contributed by atoms with Crippen molar-refractivity contribution in [1.82, 2.24) is 14.3 Å². The lowest BCUT2D eigenvalue weighted by atomic mass is 10.2. The van der Waals surface area contributed by atoms with Gasteiger partial charge in [-0.15, -0.1) is 0 Å². The fourth-order valence-electron chi connectivity index (χ4n) is 2.43. The summed E-state index contributed by atoms with van der Waals surface area (Å²) in [5, 5.41) is 3.27. The molecule has 0 amide bonds. The van der Waals surface area contributed by atoms with E-state index in [2.05, 4.69) is 15.3 Å². The van der Waals surface area contributed by atoms with Crippen molar-refractivity contribution in [3.8, 4) is 0 Å². The lowest BCUT2D eigenvalue weighted by molar-refractivity contribution is 0.410. The molecule has 0 bridgehead atoms. The minimum Gasteiger partial charge on any atom is -0.366 e. The Morgan fingerprint density at radius 1 is 1.20 bits per heavy atom. The van der Waals surface area contributed by atoms with Gasteiger partial charge in [0, 0.05) is 31.7 Å². The van der Waals surface area contributed by atoms with Crippen LogP contribution in [0.25, 0.3) is 0 Å². The molecule has 0 aliphatic heterocycles. The number of nitrogens with one attached hydrogen (secondary N) is 1. The second-order valence-corrected chi connectivity index (χ2v) is 8.68. The molecule has 3 rings (SSSR count). The molecule has 0 atom stereocenters. The molecule has 1 aliphatic rings. The Bertz CT molecular complexity index is 830. The molecule has 0 saturated heterocycles. The van der Waals surface area contributed by atoms with Gasteiger partial charge in [-0.1, -0.05) is 12.1 Å². The third kappa shape index (κ3) is 4.16. The molecule has 25 heavy (non-hydrogen) atoms. The first-order chi connectivity index (χ1) is 11.9. The van der Waals surface area contributed by atoms with Crippen LogP contribution in [0.4, 0.5) is 5.82 Å². The van der Waals surface area contributed by atoms with E-state index in [-0.39, 0.29) is 6.04 Å². The summed E-state index contributed by atoms with van der Waals surface area (Å²) in [4.78, 5) is 9.14. The maximum atomic E-state index is 12.5. The lowest BCUT2D eigenvalue weighted by Gasteiger charge is -2.21. The smallest absolute Gasteiger partial charge is 0.243 e. The third-order valence-electron chi connectivity index (χ3n) is 4.42. The molecule has 0 unspecified atom stereocenters. The Balaban J connectivity index is 1.66. The fraction of sp³-hybridized carbons (Fsp3) is 0.444. The van der Waals surface area contributed by atoms with Gasteiger partial charge in [-0.2, -0.15) is 4.31 Å². The summed E-state index contributed by atoms with van der Waals surface area (Å²) in [7, 11) is -1.84. The monoisotopic (exact) mass is 360 g/mol. The van der Waals surface area contributed by atoms with Gasteiger partial charge in [-0.05, 0) is 50.5 Å². The minimum absolute atomic E-state index is 0.0789. The van der Waals surface area contributed by atoms with Crippen molar-refractivity contribution in [2.75, 3.05) is 12.4 Å². The molecule has 134 valence electrons. The number of hydrogen-bond acceptors (Lipinski definition) is 5. The predicted molar refractivity (Wildman–Crippen MR) is 97.9 cm³/mol. The maximum Gasteiger partial charge on any atom is 0.243 e. The predicted octanol–water partition coefficient (Wildman–Crippen LogP) is 3.00. The summed E-state index contributed by atoms with van der Waals surface area (Å²) in [5.74, 6) is 2.22. The summed E-state index contributed by atoms with van der Waals surface area (Å²) in [5.41, 5.74) is 0.998. The summed E-state index contributed by atoms with van der Waals surface area (Å²) in [6.45, 7) is 4.29. The van der Waals surface area contributed by atoms with Crippen LogP contribution in [0.5, 0.6) is 0 Å². The molecule has 1 saturated carbocycles. The quantitative estimate of drug-likeness (QED) is 0.821. The molecule has 0 spiro atoms. The van der Waals surface area contributed by atoms with E-state index in [9.17, 15) is 8.42 Å². The Morgan fingerprint density at radius 3 is 2.48 bits per heavy atom. The second-order valence-electron chi connectivity index (χ2n) is 6.69. The van der Waals surface area contributed by atoms with E-state index in [4.69, 9.17) is 0 Å². The van der Waals surface area contributed by atoms with Gasteiger partial charge in [-0.3, -0.25) is 0 Å². The van der Waals surface area contributed by atoms with Gasteiger partial charge in [0.15, 0.2) is 0 Å². The highest BCUT2D eigenvalue weighted by molar-refractivity contribution is 7.89. The molecule has 1 aromatic carbocycles. The van der Waals surface area contributed by atoms with Gasteiger partial charge in [0.05, 0.1) is 4.90 Å². The first kappa shape index (κ1) is 17.8. The molecule has 6 nitrogen and oxygen atoms in total. The average molecular weight is 360 g/mol. The molecule has 1 N–H and O–H groups in total. The summed E-state index contributed by atoms with van der Waals surface area (Å²) in [6.07, 6.45) is 4.12. The Morgan fingerprint density at radius 2 is 1.88 bits per heavy atom. The van der Waals surface area contributed by atoms with Crippen LogP contribution in [0.1, 0.15) is 44.0 Å². The number of nitrogens with zero attached hydrogens (tertiary/aromatic N) is 3. The number of rotatable bonds is 7. The van der Waals surface area contributed by atoms with Crippen LogP contribution in [0, 0.1) is 0 Å². The largest absolute Gasteiger partial charge is 0.366 e. The van der Waals surface area contributed by atoms with Crippen LogP contribution >= 0.6 is 0 Å². The first-order valence-electron chi connectivity index (χ1n) is 8.51. The summed E-state index contributed by atoms with van der Waals surface area (Å²) < 4.78 is 26.3. The van der Waals surface area contributed by atoms with Crippen molar-refractivity contribution in [2.45, 2.75) is 50.1 Å². The zero-order chi connectivity index (χ0) is 18.0. The molecule has 1 aliphatic carbocycles. The van der Waals surface area contributed by atoms with E-state index in [1.54, 1.807) is 25.4 Å². The van der Waals surface area contributed by atoms with Gasteiger partial charge >= 0.3 is 0 Å². The van der Waals surface area contributed by atoms with E-state index >= 15 is 0 Å². The Hall–Kier alpha value is -1.99. The van der Waals surface area contributed by atoms with E-state index in [1.807, 2.05) is 32.0 Å². The Kier molecular flexibility index (Phi) is 5.06.